The van der Waals surface area contributed by atoms with Gasteiger partial charge in [0.25, 0.3) is 6.29 Å². The van der Waals surface area contributed by atoms with Crippen molar-refractivity contribution in [2.24, 2.45) is 0 Å². The number of rotatable bonds is 0. The Kier molecular flexibility index (Phi) is 2.86. The van der Waals surface area contributed by atoms with E-state index in [4.69, 9.17) is 0 Å². The van der Waals surface area contributed by atoms with Gasteiger partial charge in [-0.25, -0.2) is 0 Å². The van der Waals surface area contributed by atoms with E-state index in [1.54, 1.807) is 13.8 Å². The van der Waals surface area contributed by atoms with Crippen molar-refractivity contribution in [3.63, 3.8) is 0 Å². The van der Waals surface area contributed by atoms with Gasteiger partial charge in [0.2, 0.25) is 0 Å². The van der Waals surface area contributed by atoms with Crippen LogP contribution in [0.1, 0.15) is 0 Å². The molecule has 0 saturated heterocycles. The molecule has 0 saturated carbocycles. The highest BCUT2D eigenvalue weighted by molar-refractivity contribution is 6.34. The first-order valence-corrected chi connectivity index (χ1v) is 1.47. The minimum Gasteiger partial charge on any atom is -1.00 e. The van der Waals surface area contributed by atoms with Crippen LogP contribution in [-0.4, -0.2) is 13.8 Å². The number of allylic oxidation sites excluding steroid dienone is 1. The van der Waals surface area contributed by atoms with Crippen LogP contribution in [0.3, 0.4) is 0 Å². The fraction of sp³-hybridized carbons (Fsp3) is 0. The summed E-state index contributed by atoms with van der Waals surface area (Å²) in [4.78, 5) is 0. The van der Waals surface area contributed by atoms with Crippen LogP contribution in [0.2, 0.25) is 0 Å². The lowest BCUT2D eigenvalue weighted by atomic mass is 10.1. The summed E-state index contributed by atoms with van der Waals surface area (Å²) < 4.78 is 4.58. The topological polar surface area (TPSA) is 11.3 Å². The van der Waals surface area contributed by atoms with Crippen molar-refractivity contribution in [1.82, 2.24) is 0 Å². The lowest BCUT2D eigenvalue weighted by Crippen LogP contribution is -3.00. The molecule has 0 fully saturated rings. The SMILES string of the molecule is [B]1C=CC=[O+]1.[Cl-]. The third kappa shape index (κ3) is 1.27. The van der Waals surface area contributed by atoms with Crippen molar-refractivity contribution in [1.29, 1.82) is 0 Å². The zero-order valence-corrected chi connectivity index (χ0v) is 3.85. The first-order chi connectivity index (χ1) is 2.50. The summed E-state index contributed by atoms with van der Waals surface area (Å²) in [6.45, 7) is 0. The van der Waals surface area contributed by atoms with Crippen LogP contribution >= 0.6 is 0 Å². The number of aldehydes is 1. The van der Waals surface area contributed by atoms with E-state index < -0.39 is 0 Å². The van der Waals surface area contributed by atoms with E-state index in [2.05, 4.69) is 4.34 Å². The summed E-state index contributed by atoms with van der Waals surface area (Å²) in [5.74, 6) is 1.83. The third-order valence-electron chi connectivity index (χ3n) is 0.425. The largest absolute Gasteiger partial charge is 1.00 e. The first-order valence-electron chi connectivity index (χ1n) is 1.47. The minimum absolute atomic E-state index is 0. The van der Waals surface area contributed by atoms with Gasteiger partial charge in [-0.15, -0.1) is 0 Å². The molecule has 0 unspecified atom stereocenters. The molecule has 3 heteroatoms. The molecule has 1 rings (SSSR count). The Hall–Kier alpha value is -0.235. The predicted octanol–water partition coefficient (Wildman–Crippen LogP) is -3.13. The predicted molar refractivity (Wildman–Crippen MR) is 21.0 cm³/mol. The summed E-state index contributed by atoms with van der Waals surface area (Å²) in [7, 11) is 1.62. The first kappa shape index (κ1) is 5.76. The minimum atomic E-state index is 0. The Morgan fingerprint density at radius 3 is 2.50 bits per heavy atom. The van der Waals surface area contributed by atoms with Gasteiger partial charge in [0.05, 0.1) is 0 Å². The van der Waals surface area contributed by atoms with Gasteiger partial charge in [0, 0.05) is 12.1 Å². The molecular weight excluding hydrogens is 98.3 g/mol. The molecule has 1 radical (unpaired) electrons. The average molecular weight is 101 g/mol. The second kappa shape index (κ2) is 2.97. The molecule has 0 amide bonds. The Morgan fingerprint density at radius 2 is 2.33 bits per heavy atom. The van der Waals surface area contributed by atoms with Gasteiger partial charge in [0.15, 0.2) is 0 Å². The molecule has 0 N–H and O–H groups in total. The summed E-state index contributed by atoms with van der Waals surface area (Å²) in [5.41, 5.74) is 0. The summed E-state index contributed by atoms with van der Waals surface area (Å²) in [6.07, 6.45) is 3.46. The third-order valence-corrected chi connectivity index (χ3v) is 0.425. The zero-order chi connectivity index (χ0) is 3.54. The van der Waals surface area contributed by atoms with E-state index in [-0.39, 0.29) is 12.4 Å². The van der Waals surface area contributed by atoms with Crippen molar-refractivity contribution in [3.05, 3.63) is 12.1 Å². The van der Waals surface area contributed by atoms with Crippen molar-refractivity contribution in [2.45, 2.75) is 0 Å². The van der Waals surface area contributed by atoms with Crippen LogP contribution in [0.25, 0.3) is 0 Å². The van der Waals surface area contributed by atoms with Crippen molar-refractivity contribution < 1.29 is 16.7 Å². The summed E-state index contributed by atoms with van der Waals surface area (Å²) in [6, 6.07) is 0. The van der Waals surface area contributed by atoms with Crippen molar-refractivity contribution >= 4 is 13.8 Å². The number of hydrogen-bond acceptors (Lipinski definition) is 0. The Balaban J connectivity index is 0.000000250. The molecule has 1 nitrogen and oxygen atoms in total. The van der Waals surface area contributed by atoms with Crippen LogP contribution < -0.4 is 12.4 Å². The van der Waals surface area contributed by atoms with E-state index in [0.717, 1.165) is 0 Å². The highest BCUT2D eigenvalue weighted by Crippen LogP contribution is 1.69. The van der Waals surface area contributed by atoms with E-state index in [0.29, 0.717) is 0 Å². The second-order valence-electron chi connectivity index (χ2n) is 0.793. The molecular formula is C3H3BClO. The quantitative estimate of drug-likeness (QED) is 0.174. The molecule has 1 aliphatic heterocycles. The van der Waals surface area contributed by atoms with Gasteiger partial charge in [-0.3, -0.25) is 0 Å². The maximum Gasteiger partial charge on any atom is 0.774 e. The van der Waals surface area contributed by atoms with Gasteiger partial charge >= 0.3 is 7.48 Å². The van der Waals surface area contributed by atoms with Crippen LogP contribution in [0.5, 0.6) is 0 Å². The fourth-order valence-corrected chi connectivity index (χ4v) is 0.227. The van der Waals surface area contributed by atoms with Gasteiger partial charge in [-0.05, 0) is 0 Å². The summed E-state index contributed by atoms with van der Waals surface area (Å²) in [5, 5.41) is 0. The molecule has 31 valence electrons. The van der Waals surface area contributed by atoms with Gasteiger partial charge in [-0.2, -0.15) is 0 Å². The lowest BCUT2D eigenvalue weighted by Gasteiger charge is -1.39. The molecule has 0 aromatic carbocycles. The Labute approximate surface area is 43.4 Å². The van der Waals surface area contributed by atoms with E-state index in [9.17, 15) is 0 Å². The normalized spacial score (nSPS) is 13.3. The molecule has 0 atom stereocenters. The molecule has 0 aliphatic carbocycles. The van der Waals surface area contributed by atoms with Crippen molar-refractivity contribution in [2.75, 3.05) is 0 Å². The molecule has 1 heterocycles. The fourth-order valence-electron chi connectivity index (χ4n) is 0.227. The van der Waals surface area contributed by atoms with Crippen LogP contribution in [0, 0.1) is 0 Å². The number of halogens is 1. The van der Waals surface area contributed by atoms with Gasteiger partial charge in [-0.1, -0.05) is 0 Å². The van der Waals surface area contributed by atoms with Gasteiger partial charge in [0.1, 0.15) is 0 Å². The van der Waals surface area contributed by atoms with E-state index in [1.807, 2.05) is 12.1 Å². The number of hydrogen-bond donors (Lipinski definition) is 0. The molecule has 0 aromatic rings. The molecule has 0 bridgehead atoms. The van der Waals surface area contributed by atoms with Crippen LogP contribution in [0.4, 0.5) is 0 Å². The molecule has 0 aromatic heterocycles. The average Bonchev–Trinajstić information content (AvgIpc) is 1.76. The van der Waals surface area contributed by atoms with Crippen LogP contribution in [-0.2, 0) is 4.34 Å². The zero-order valence-electron chi connectivity index (χ0n) is 3.10. The molecule has 0 spiro atoms. The van der Waals surface area contributed by atoms with Crippen LogP contribution in [0.15, 0.2) is 12.1 Å². The molecule has 6 heavy (non-hydrogen) atoms. The molecule has 1 aliphatic rings. The highest BCUT2D eigenvalue weighted by Gasteiger charge is 2.02. The van der Waals surface area contributed by atoms with Gasteiger partial charge < -0.3 is 16.7 Å². The maximum atomic E-state index is 4.58. The van der Waals surface area contributed by atoms with E-state index in [1.165, 1.54) is 0 Å². The smallest absolute Gasteiger partial charge is 0.774 e. The number of carbonyl (C=O) groups excluding carboxylic acids is 1. The second-order valence-corrected chi connectivity index (χ2v) is 0.793. The maximum absolute atomic E-state index is 4.58. The van der Waals surface area contributed by atoms with Crippen molar-refractivity contribution in [3.8, 4) is 0 Å². The highest BCUT2D eigenvalue weighted by atomic mass is 35.5. The van der Waals surface area contributed by atoms with E-state index >= 15 is 0 Å². The monoisotopic (exact) mass is 101 g/mol. The Bertz CT molecular complexity index is 68.9. The lowest BCUT2D eigenvalue weighted by molar-refractivity contribution is -0.271. The Morgan fingerprint density at radius 1 is 1.50 bits per heavy atom. The standard InChI is InChI=1S/C3H3BO.ClH/c1-2-4-5-3-1;/h1-3H;1H/q+1;/p-1. The summed E-state index contributed by atoms with van der Waals surface area (Å²) >= 11 is 0.